The summed E-state index contributed by atoms with van der Waals surface area (Å²) in [6.45, 7) is 3.16. The van der Waals surface area contributed by atoms with Gasteiger partial charge in [-0.05, 0) is 34.1 Å². The number of hydrogen-bond acceptors (Lipinski definition) is 5. The molecule has 0 unspecified atom stereocenters. The third-order valence-electron chi connectivity index (χ3n) is 2.38. The fourth-order valence-electron chi connectivity index (χ4n) is 1.38. The van der Waals surface area contributed by atoms with Crippen molar-refractivity contribution in [2.75, 3.05) is 46.8 Å². The van der Waals surface area contributed by atoms with Crippen LogP contribution in [0.4, 0.5) is 0 Å². The van der Waals surface area contributed by atoms with Crippen LogP contribution in [0.5, 0.6) is 5.75 Å². The average molecular weight is 347 g/mol. The minimum Gasteiger partial charge on any atom is -0.490 e. The minimum absolute atomic E-state index is 0.442. The van der Waals surface area contributed by atoms with Gasteiger partial charge in [0, 0.05) is 12.7 Å². The first-order valence-electron chi connectivity index (χ1n) is 6.30. The van der Waals surface area contributed by atoms with Crippen molar-refractivity contribution in [1.82, 2.24) is 0 Å². The van der Waals surface area contributed by atoms with Gasteiger partial charge in [-0.25, -0.2) is 0 Å². The van der Waals surface area contributed by atoms with E-state index in [0.29, 0.717) is 51.0 Å². The Hall–Kier alpha value is -0.950. The second-order valence-corrected chi connectivity index (χ2v) is 4.73. The summed E-state index contributed by atoms with van der Waals surface area (Å²) < 4.78 is 21.7. The summed E-state index contributed by atoms with van der Waals surface area (Å²) in [7, 11) is 1.64. The number of benzene rings is 1. The van der Waals surface area contributed by atoms with Crippen molar-refractivity contribution in [3.05, 3.63) is 28.2 Å². The maximum atomic E-state index is 10.6. The molecule has 0 spiro atoms. The molecule has 0 N–H and O–H groups in total. The number of carbonyl (C=O) groups excluding carboxylic acids is 1. The topological polar surface area (TPSA) is 54.0 Å². The van der Waals surface area contributed by atoms with Crippen molar-refractivity contribution in [2.45, 2.75) is 0 Å². The average Bonchev–Trinajstić information content (AvgIpc) is 2.47. The summed E-state index contributed by atoms with van der Waals surface area (Å²) in [5.41, 5.74) is 0.605. The van der Waals surface area contributed by atoms with E-state index in [4.69, 9.17) is 18.9 Å². The van der Waals surface area contributed by atoms with Gasteiger partial charge in [-0.15, -0.1) is 0 Å². The molecule has 0 aliphatic carbocycles. The first-order chi connectivity index (χ1) is 9.77. The number of halogens is 1. The van der Waals surface area contributed by atoms with Crippen LogP contribution in [0.15, 0.2) is 22.7 Å². The molecule has 1 rings (SSSR count). The number of aldehydes is 1. The molecule has 112 valence electrons. The summed E-state index contributed by atoms with van der Waals surface area (Å²) >= 11 is 3.35. The van der Waals surface area contributed by atoms with Gasteiger partial charge < -0.3 is 18.9 Å². The van der Waals surface area contributed by atoms with Crippen LogP contribution in [0.25, 0.3) is 0 Å². The van der Waals surface area contributed by atoms with Crippen LogP contribution in [-0.4, -0.2) is 53.0 Å². The molecule has 20 heavy (non-hydrogen) atoms. The molecule has 0 atom stereocenters. The molecular weight excluding hydrogens is 328 g/mol. The largest absolute Gasteiger partial charge is 0.490 e. The molecule has 0 radical (unpaired) electrons. The predicted octanol–water partition coefficient (Wildman–Crippen LogP) is 2.32. The van der Waals surface area contributed by atoms with Gasteiger partial charge >= 0.3 is 0 Å². The Balaban J connectivity index is 2.08. The summed E-state index contributed by atoms with van der Waals surface area (Å²) in [5.74, 6) is 0.690. The highest BCUT2D eigenvalue weighted by Crippen LogP contribution is 2.25. The van der Waals surface area contributed by atoms with Gasteiger partial charge in [0.1, 0.15) is 18.6 Å². The van der Waals surface area contributed by atoms with E-state index in [2.05, 4.69) is 15.9 Å². The number of ether oxygens (including phenoxy) is 4. The lowest BCUT2D eigenvalue weighted by atomic mass is 10.2. The predicted molar refractivity (Wildman–Crippen MR) is 78.5 cm³/mol. The van der Waals surface area contributed by atoms with E-state index < -0.39 is 0 Å². The maximum absolute atomic E-state index is 10.6. The summed E-state index contributed by atoms with van der Waals surface area (Å²) in [6, 6.07) is 5.17. The highest BCUT2D eigenvalue weighted by atomic mass is 79.9. The molecule has 0 bridgehead atoms. The van der Waals surface area contributed by atoms with E-state index in [1.165, 1.54) is 0 Å². The SMILES string of the molecule is COCCOCCOCCOc1ccc(C=O)cc1Br. The second-order valence-electron chi connectivity index (χ2n) is 3.87. The zero-order valence-corrected chi connectivity index (χ0v) is 13.1. The quantitative estimate of drug-likeness (QED) is 0.454. The Bertz CT molecular complexity index is 397. The fraction of sp³-hybridized carbons (Fsp3) is 0.500. The van der Waals surface area contributed by atoms with E-state index in [-0.39, 0.29) is 0 Å². The Morgan fingerprint density at radius 3 is 2.30 bits per heavy atom. The molecule has 5 nitrogen and oxygen atoms in total. The monoisotopic (exact) mass is 346 g/mol. The van der Waals surface area contributed by atoms with Crippen LogP contribution >= 0.6 is 15.9 Å². The maximum Gasteiger partial charge on any atom is 0.150 e. The molecule has 0 amide bonds. The van der Waals surface area contributed by atoms with Crippen molar-refractivity contribution in [3.63, 3.8) is 0 Å². The molecule has 0 aliphatic rings. The highest BCUT2D eigenvalue weighted by Gasteiger charge is 2.02. The molecule has 6 heteroatoms. The summed E-state index contributed by atoms with van der Waals surface area (Å²) in [6.07, 6.45) is 0.793. The van der Waals surface area contributed by atoms with Crippen molar-refractivity contribution in [3.8, 4) is 5.75 Å². The lowest BCUT2D eigenvalue weighted by Gasteiger charge is -2.09. The highest BCUT2D eigenvalue weighted by molar-refractivity contribution is 9.10. The summed E-state index contributed by atoms with van der Waals surface area (Å²) in [4.78, 5) is 10.6. The van der Waals surface area contributed by atoms with E-state index in [1.54, 1.807) is 25.3 Å². The molecule has 0 saturated carbocycles. The third-order valence-corrected chi connectivity index (χ3v) is 3.00. The molecule has 1 aromatic carbocycles. The molecule has 0 heterocycles. The van der Waals surface area contributed by atoms with E-state index in [0.717, 1.165) is 10.8 Å². The van der Waals surface area contributed by atoms with Crippen molar-refractivity contribution in [2.24, 2.45) is 0 Å². The van der Waals surface area contributed by atoms with E-state index >= 15 is 0 Å². The van der Waals surface area contributed by atoms with E-state index in [1.807, 2.05) is 0 Å². The molecule has 0 aliphatic heterocycles. The van der Waals surface area contributed by atoms with Gasteiger partial charge in [0.2, 0.25) is 0 Å². The molecule has 1 aromatic rings. The zero-order valence-electron chi connectivity index (χ0n) is 11.5. The van der Waals surface area contributed by atoms with Crippen LogP contribution in [0.1, 0.15) is 10.4 Å². The number of rotatable bonds is 11. The molecule has 0 aromatic heterocycles. The van der Waals surface area contributed by atoms with Gasteiger partial charge in [0.05, 0.1) is 37.5 Å². The number of hydrogen-bond donors (Lipinski definition) is 0. The standard InChI is InChI=1S/C14H19BrO5/c1-17-4-5-18-6-7-19-8-9-20-14-3-2-12(11-16)10-13(14)15/h2-3,10-11H,4-9H2,1H3. The van der Waals surface area contributed by atoms with Gasteiger partial charge in [0.15, 0.2) is 0 Å². The van der Waals surface area contributed by atoms with Crippen LogP contribution < -0.4 is 4.74 Å². The normalized spacial score (nSPS) is 10.5. The molecule has 0 saturated heterocycles. The Morgan fingerprint density at radius 2 is 1.70 bits per heavy atom. The lowest BCUT2D eigenvalue weighted by molar-refractivity contribution is 0.0179. The lowest BCUT2D eigenvalue weighted by Crippen LogP contribution is -2.12. The van der Waals surface area contributed by atoms with Crippen molar-refractivity contribution >= 4 is 22.2 Å². The Kier molecular flexibility index (Phi) is 9.23. The minimum atomic E-state index is 0.442. The molecule has 0 fully saturated rings. The van der Waals surface area contributed by atoms with Crippen molar-refractivity contribution < 1.29 is 23.7 Å². The Morgan fingerprint density at radius 1 is 1.05 bits per heavy atom. The Labute approximate surface area is 127 Å². The van der Waals surface area contributed by atoms with Crippen molar-refractivity contribution in [1.29, 1.82) is 0 Å². The van der Waals surface area contributed by atoms with Crippen LogP contribution in [-0.2, 0) is 14.2 Å². The second kappa shape index (κ2) is 10.8. The van der Waals surface area contributed by atoms with Crippen LogP contribution in [0, 0.1) is 0 Å². The van der Waals surface area contributed by atoms with Gasteiger partial charge in [-0.1, -0.05) is 0 Å². The first-order valence-corrected chi connectivity index (χ1v) is 7.09. The smallest absolute Gasteiger partial charge is 0.150 e. The zero-order chi connectivity index (χ0) is 14.6. The fourth-order valence-corrected chi connectivity index (χ4v) is 1.89. The third kappa shape index (κ3) is 7.00. The van der Waals surface area contributed by atoms with Gasteiger partial charge in [-0.2, -0.15) is 0 Å². The van der Waals surface area contributed by atoms with Crippen LogP contribution in [0.2, 0.25) is 0 Å². The van der Waals surface area contributed by atoms with Crippen LogP contribution in [0.3, 0.4) is 0 Å². The van der Waals surface area contributed by atoms with E-state index in [9.17, 15) is 4.79 Å². The van der Waals surface area contributed by atoms with Gasteiger partial charge in [-0.3, -0.25) is 4.79 Å². The molecular formula is C14H19BrO5. The number of carbonyl (C=O) groups is 1. The first kappa shape index (κ1) is 17.1. The number of methoxy groups -OCH3 is 1. The summed E-state index contributed by atoms with van der Waals surface area (Å²) in [5, 5.41) is 0. The van der Waals surface area contributed by atoms with Gasteiger partial charge in [0.25, 0.3) is 0 Å².